The maximum Gasteiger partial charge on any atom is 0.293 e. The summed E-state index contributed by atoms with van der Waals surface area (Å²) >= 11 is 12.7. The lowest BCUT2D eigenvalue weighted by Gasteiger charge is -2.12. The van der Waals surface area contributed by atoms with Crippen molar-refractivity contribution in [1.82, 2.24) is 10.2 Å². The zero-order chi connectivity index (χ0) is 19.6. The van der Waals surface area contributed by atoms with Crippen LogP contribution in [0.1, 0.15) is 21.7 Å². The van der Waals surface area contributed by atoms with Crippen LogP contribution >= 0.6 is 35.0 Å². The van der Waals surface area contributed by atoms with Gasteiger partial charge in [0.1, 0.15) is 0 Å². The number of halogens is 2. The van der Waals surface area contributed by atoms with Gasteiger partial charge >= 0.3 is 0 Å². The molecule has 3 rings (SSSR count). The molecule has 1 fully saturated rings. The van der Waals surface area contributed by atoms with E-state index in [2.05, 4.69) is 5.32 Å². The number of rotatable bonds is 5. The van der Waals surface area contributed by atoms with E-state index >= 15 is 0 Å². The van der Waals surface area contributed by atoms with Crippen LogP contribution in [-0.2, 0) is 4.79 Å². The molecule has 0 spiro atoms. The van der Waals surface area contributed by atoms with Crippen molar-refractivity contribution in [1.29, 1.82) is 0 Å². The molecule has 2 heterocycles. The first-order valence-corrected chi connectivity index (χ1v) is 9.47. The van der Waals surface area contributed by atoms with E-state index < -0.39 is 17.1 Å². The number of carbonyl (C=O) groups is 3. The summed E-state index contributed by atoms with van der Waals surface area (Å²) in [5.41, 5.74) is 1.37. The summed E-state index contributed by atoms with van der Waals surface area (Å²) in [6.07, 6.45) is 3.01. The number of aryl methyl sites for hydroxylation is 1. The highest BCUT2D eigenvalue weighted by Crippen LogP contribution is 2.33. The molecule has 1 aromatic heterocycles. The van der Waals surface area contributed by atoms with Crippen LogP contribution in [0.25, 0.3) is 6.08 Å². The number of imide groups is 1. The number of amides is 3. The van der Waals surface area contributed by atoms with E-state index in [1.165, 1.54) is 6.26 Å². The molecule has 0 saturated carbocycles. The van der Waals surface area contributed by atoms with Gasteiger partial charge in [0.05, 0.1) is 21.2 Å². The van der Waals surface area contributed by atoms with Gasteiger partial charge in [-0.3, -0.25) is 19.3 Å². The summed E-state index contributed by atoms with van der Waals surface area (Å²) < 4.78 is 5.10. The Kier molecular flexibility index (Phi) is 5.94. The molecule has 1 saturated heterocycles. The van der Waals surface area contributed by atoms with Gasteiger partial charge in [-0.25, -0.2) is 0 Å². The van der Waals surface area contributed by atoms with E-state index in [4.69, 9.17) is 27.6 Å². The van der Waals surface area contributed by atoms with Gasteiger partial charge in [-0.1, -0.05) is 29.3 Å². The number of hydrogen-bond donors (Lipinski definition) is 1. The Hall–Kier alpha value is -2.22. The van der Waals surface area contributed by atoms with E-state index in [1.807, 2.05) is 0 Å². The average molecular weight is 425 g/mol. The zero-order valence-corrected chi connectivity index (χ0v) is 16.5. The second-order valence-electron chi connectivity index (χ2n) is 5.70. The van der Waals surface area contributed by atoms with E-state index in [0.29, 0.717) is 21.2 Å². The van der Waals surface area contributed by atoms with Crippen LogP contribution < -0.4 is 5.32 Å². The predicted molar refractivity (Wildman–Crippen MR) is 105 cm³/mol. The van der Waals surface area contributed by atoms with Gasteiger partial charge in [-0.2, -0.15) is 0 Å². The molecule has 0 bridgehead atoms. The molecule has 0 radical (unpaired) electrons. The number of nitrogens with zero attached hydrogens (tertiary/aromatic N) is 1. The van der Waals surface area contributed by atoms with E-state index in [0.717, 1.165) is 16.7 Å². The Balaban J connectivity index is 1.62. The summed E-state index contributed by atoms with van der Waals surface area (Å²) in [5.74, 6) is -0.598. The minimum atomic E-state index is -0.417. The Bertz CT molecular complexity index is 955. The first kappa shape index (κ1) is 19.5. The van der Waals surface area contributed by atoms with Gasteiger partial charge in [0.25, 0.3) is 17.1 Å². The SMILES string of the molecule is Cc1ccoc1C(=O)NCCN1C(=O)S/C(=C/c2ccc(Cl)c(Cl)c2)C1=O. The molecule has 1 aliphatic heterocycles. The van der Waals surface area contributed by atoms with Crippen molar-refractivity contribution in [2.75, 3.05) is 13.1 Å². The van der Waals surface area contributed by atoms with Crippen LogP contribution in [-0.4, -0.2) is 35.0 Å². The smallest absolute Gasteiger partial charge is 0.293 e. The molecule has 9 heteroatoms. The summed E-state index contributed by atoms with van der Waals surface area (Å²) in [4.78, 5) is 37.9. The molecular weight excluding hydrogens is 411 g/mol. The predicted octanol–water partition coefficient (Wildman–Crippen LogP) is 4.36. The third kappa shape index (κ3) is 4.37. The number of nitrogens with one attached hydrogen (secondary N) is 1. The van der Waals surface area contributed by atoms with Crippen LogP contribution in [0.2, 0.25) is 10.0 Å². The molecule has 1 N–H and O–H groups in total. The third-order valence-electron chi connectivity index (χ3n) is 3.80. The van der Waals surface area contributed by atoms with E-state index in [-0.39, 0.29) is 23.8 Å². The fourth-order valence-corrected chi connectivity index (χ4v) is 3.58. The van der Waals surface area contributed by atoms with Crippen LogP contribution in [0.5, 0.6) is 0 Å². The van der Waals surface area contributed by atoms with Crippen molar-refractivity contribution in [2.45, 2.75) is 6.92 Å². The maximum absolute atomic E-state index is 12.5. The third-order valence-corrected chi connectivity index (χ3v) is 5.45. The normalized spacial score (nSPS) is 15.7. The fraction of sp³-hybridized carbons (Fsp3) is 0.167. The first-order chi connectivity index (χ1) is 12.9. The van der Waals surface area contributed by atoms with Crippen molar-refractivity contribution in [3.05, 3.63) is 62.4 Å². The molecule has 0 aliphatic carbocycles. The Morgan fingerprint density at radius 3 is 2.70 bits per heavy atom. The zero-order valence-electron chi connectivity index (χ0n) is 14.1. The Morgan fingerprint density at radius 2 is 2.04 bits per heavy atom. The fourth-order valence-electron chi connectivity index (χ4n) is 2.41. The van der Waals surface area contributed by atoms with Gasteiger partial charge in [0, 0.05) is 18.7 Å². The topological polar surface area (TPSA) is 79.6 Å². The van der Waals surface area contributed by atoms with Crippen LogP contribution in [0.3, 0.4) is 0 Å². The van der Waals surface area contributed by atoms with E-state index in [1.54, 1.807) is 37.3 Å². The highest BCUT2D eigenvalue weighted by molar-refractivity contribution is 8.18. The van der Waals surface area contributed by atoms with Crippen molar-refractivity contribution in [3.63, 3.8) is 0 Å². The quantitative estimate of drug-likeness (QED) is 0.721. The highest BCUT2D eigenvalue weighted by Gasteiger charge is 2.34. The molecule has 27 heavy (non-hydrogen) atoms. The lowest BCUT2D eigenvalue weighted by atomic mass is 10.2. The molecule has 2 aromatic rings. The van der Waals surface area contributed by atoms with Crippen LogP contribution in [0.4, 0.5) is 4.79 Å². The minimum absolute atomic E-state index is 0.0644. The monoisotopic (exact) mass is 424 g/mol. The van der Waals surface area contributed by atoms with Gasteiger partial charge in [-0.15, -0.1) is 0 Å². The van der Waals surface area contributed by atoms with Gasteiger partial charge in [-0.05, 0) is 48.5 Å². The molecule has 0 atom stereocenters. The molecule has 6 nitrogen and oxygen atoms in total. The first-order valence-electron chi connectivity index (χ1n) is 7.89. The van der Waals surface area contributed by atoms with Gasteiger partial charge in [0.2, 0.25) is 0 Å². The molecule has 140 valence electrons. The van der Waals surface area contributed by atoms with Crippen molar-refractivity contribution < 1.29 is 18.8 Å². The summed E-state index contributed by atoms with van der Waals surface area (Å²) in [6.45, 7) is 1.94. The largest absolute Gasteiger partial charge is 0.459 e. The molecule has 3 amide bonds. The summed E-state index contributed by atoms with van der Waals surface area (Å²) in [6, 6.07) is 6.61. The Labute approximate surface area is 169 Å². The second-order valence-corrected chi connectivity index (χ2v) is 7.50. The number of hydrogen-bond acceptors (Lipinski definition) is 5. The number of benzene rings is 1. The van der Waals surface area contributed by atoms with Crippen LogP contribution in [0.15, 0.2) is 39.9 Å². The van der Waals surface area contributed by atoms with Crippen molar-refractivity contribution >= 4 is 58.1 Å². The average Bonchev–Trinajstić information content (AvgIpc) is 3.16. The van der Waals surface area contributed by atoms with Gasteiger partial charge < -0.3 is 9.73 Å². The summed E-state index contributed by atoms with van der Waals surface area (Å²) in [5, 5.41) is 3.01. The molecule has 1 aromatic carbocycles. The number of furan rings is 1. The minimum Gasteiger partial charge on any atom is -0.459 e. The van der Waals surface area contributed by atoms with Crippen molar-refractivity contribution in [2.24, 2.45) is 0 Å². The molecule has 0 unspecified atom stereocenters. The maximum atomic E-state index is 12.5. The highest BCUT2D eigenvalue weighted by atomic mass is 35.5. The molecule has 1 aliphatic rings. The number of thioether (sulfide) groups is 1. The van der Waals surface area contributed by atoms with Gasteiger partial charge in [0.15, 0.2) is 5.76 Å². The number of carbonyl (C=O) groups excluding carboxylic acids is 3. The van der Waals surface area contributed by atoms with E-state index in [9.17, 15) is 14.4 Å². The lowest BCUT2D eigenvalue weighted by Crippen LogP contribution is -2.37. The summed E-state index contributed by atoms with van der Waals surface area (Å²) in [7, 11) is 0. The standard InChI is InChI=1S/C18H14Cl2N2O4S/c1-10-4-7-26-15(10)16(23)21-5-6-22-17(24)14(27-18(22)25)9-11-2-3-12(19)13(20)8-11/h2-4,7-9H,5-6H2,1H3,(H,21,23)/b14-9+. The lowest BCUT2D eigenvalue weighted by molar-refractivity contribution is -0.122. The van der Waals surface area contributed by atoms with Crippen molar-refractivity contribution in [3.8, 4) is 0 Å². The molecular formula is C18H14Cl2N2O4S. The second kappa shape index (κ2) is 8.21. The Morgan fingerprint density at radius 1 is 1.26 bits per heavy atom. The van der Waals surface area contributed by atoms with Crippen LogP contribution in [0, 0.1) is 6.92 Å².